The average Bonchev–Trinajstić information content (AvgIpc) is 2.91. The van der Waals surface area contributed by atoms with Crippen LogP contribution < -0.4 is 5.32 Å². The van der Waals surface area contributed by atoms with Gasteiger partial charge in [0.05, 0.1) is 0 Å². The fourth-order valence-electron chi connectivity index (χ4n) is 2.74. The first-order chi connectivity index (χ1) is 15.0. The van der Waals surface area contributed by atoms with Crippen molar-refractivity contribution in [2.75, 3.05) is 13.7 Å². The van der Waals surface area contributed by atoms with Gasteiger partial charge in [0.25, 0.3) is 5.91 Å². The monoisotopic (exact) mass is 537 g/mol. The average molecular weight is 537 g/mol. The predicted octanol–water partition coefficient (Wildman–Crippen LogP) is -0.515. The van der Waals surface area contributed by atoms with Crippen LogP contribution in [-0.4, -0.2) is 73.4 Å². The van der Waals surface area contributed by atoms with E-state index >= 15 is 0 Å². The molecule has 0 aliphatic carbocycles. The summed E-state index contributed by atoms with van der Waals surface area (Å²) in [4.78, 5) is 51.0. The molecule has 186 valence electrons. The van der Waals surface area contributed by atoms with E-state index in [1.807, 2.05) is 0 Å². The minimum atomic E-state index is -5.80. The first kappa shape index (κ1) is 27.6. The van der Waals surface area contributed by atoms with E-state index in [2.05, 4.69) is 35.1 Å². The van der Waals surface area contributed by atoms with E-state index in [4.69, 9.17) is 24.8 Å². The first-order valence-corrected chi connectivity index (χ1v) is 12.8. The van der Waals surface area contributed by atoms with Gasteiger partial charge in [0.1, 0.15) is 24.6 Å². The van der Waals surface area contributed by atoms with Gasteiger partial charge in [-0.25, -0.2) is 13.7 Å². The minimum Gasteiger partial charge on any atom is -0.388 e. The van der Waals surface area contributed by atoms with Crippen molar-refractivity contribution < 1.29 is 65.8 Å². The van der Waals surface area contributed by atoms with Crippen molar-refractivity contribution in [1.82, 2.24) is 10.2 Å². The highest BCUT2D eigenvalue weighted by atomic mass is 31.3. The highest BCUT2D eigenvalue weighted by molar-refractivity contribution is 7.66. The number of hydrogen-bond acceptors (Lipinski definition) is 12. The van der Waals surface area contributed by atoms with Crippen molar-refractivity contribution in [3.05, 3.63) is 35.1 Å². The molecule has 6 atom stereocenters. The number of phosphoric acid groups is 3. The van der Waals surface area contributed by atoms with Gasteiger partial charge in [-0.1, -0.05) is 11.7 Å². The maximum atomic E-state index is 12.0. The molecule has 0 aromatic heterocycles. The molecule has 0 aromatic carbocycles. The number of ether oxygens (including phenoxy) is 2. The van der Waals surface area contributed by atoms with E-state index in [0.29, 0.717) is 0 Å². The van der Waals surface area contributed by atoms with Crippen LogP contribution in [0.5, 0.6) is 0 Å². The van der Waals surface area contributed by atoms with E-state index in [-0.39, 0.29) is 5.82 Å². The number of nitrogens with one attached hydrogen (secondary N) is 1. The molecule has 1 saturated heterocycles. The third-order valence-corrected chi connectivity index (χ3v) is 7.78. The van der Waals surface area contributed by atoms with Crippen LogP contribution >= 0.6 is 23.5 Å². The zero-order chi connectivity index (χ0) is 25.2. The lowest BCUT2D eigenvalue weighted by atomic mass is 10.0. The van der Waals surface area contributed by atoms with Crippen LogP contribution in [0.3, 0.4) is 0 Å². The molecular formula is C11H18N5O14P3. The van der Waals surface area contributed by atoms with E-state index in [0.717, 1.165) is 24.3 Å². The van der Waals surface area contributed by atoms with Gasteiger partial charge in [0, 0.05) is 24.3 Å². The van der Waals surface area contributed by atoms with Crippen molar-refractivity contribution in [2.24, 2.45) is 5.11 Å². The number of rotatable bonds is 10. The Morgan fingerprint density at radius 1 is 1.30 bits per heavy atom. The summed E-state index contributed by atoms with van der Waals surface area (Å²) in [7, 11) is -16.0. The van der Waals surface area contributed by atoms with E-state index < -0.39 is 60.1 Å². The summed E-state index contributed by atoms with van der Waals surface area (Å²) in [6.07, 6.45) is -0.946. The number of aliphatic hydroxyl groups excluding tert-OH is 1. The molecular weight excluding hydrogens is 519 g/mol. The van der Waals surface area contributed by atoms with Crippen LogP contribution in [0.2, 0.25) is 0 Å². The maximum absolute atomic E-state index is 12.0. The molecule has 2 aliphatic heterocycles. The SMILES string of the molecule is C=C1NC(=O)C=CN1[C@@H]1O[C@@](COP(=O)(O)OP(=O)(O)OP(=O)(O)O)(OC)[C@@H](N=[N+]=[N-])[C@H]1O. The standard InChI is InChI=1S/C11H18N5O14P3/c1-6-13-7(17)3-4-16(6)10-8(18)9(14-15-12)11(26-2,28-10)5-27-32(22,23)30-33(24,25)29-31(19,20)21/h3-4,8-10,18H,1,5H2,2H3,(H,13,17)(H,22,23)(H,24,25)(H2,19,20,21)/t8-,9+,10-,11-/m1/s1. The van der Waals surface area contributed by atoms with Gasteiger partial charge in [-0.3, -0.25) is 9.32 Å². The molecule has 19 nitrogen and oxygen atoms in total. The number of hydrogen-bond donors (Lipinski definition) is 6. The first-order valence-electron chi connectivity index (χ1n) is 8.25. The van der Waals surface area contributed by atoms with Crippen LogP contribution in [0.4, 0.5) is 0 Å². The minimum absolute atomic E-state index is 0.0639. The van der Waals surface area contributed by atoms with Gasteiger partial charge in [-0.05, 0) is 5.53 Å². The molecule has 0 radical (unpaired) electrons. The van der Waals surface area contributed by atoms with Crippen molar-refractivity contribution in [1.29, 1.82) is 0 Å². The Bertz CT molecular complexity index is 1020. The number of carbonyl (C=O) groups is 1. The third-order valence-electron chi connectivity index (χ3n) is 3.99. The zero-order valence-electron chi connectivity index (χ0n) is 16.3. The molecule has 1 fully saturated rings. The van der Waals surface area contributed by atoms with Crippen LogP contribution in [-0.2, 0) is 41.1 Å². The van der Waals surface area contributed by atoms with Gasteiger partial charge < -0.3 is 44.4 Å². The van der Waals surface area contributed by atoms with Crippen LogP contribution in [0.15, 0.2) is 29.8 Å². The number of phosphoric ester groups is 1. The fraction of sp³-hybridized carbons (Fsp3) is 0.545. The van der Waals surface area contributed by atoms with Crippen LogP contribution in [0.25, 0.3) is 10.4 Å². The molecule has 2 rings (SSSR count). The van der Waals surface area contributed by atoms with Gasteiger partial charge in [-0.2, -0.15) is 8.62 Å². The summed E-state index contributed by atoms with van der Waals surface area (Å²) in [5, 5.41) is 16.3. The molecule has 0 aromatic rings. The van der Waals surface area contributed by atoms with E-state index in [1.165, 1.54) is 0 Å². The largest absolute Gasteiger partial charge is 0.490 e. The predicted molar refractivity (Wildman–Crippen MR) is 102 cm³/mol. The van der Waals surface area contributed by atoms with Gasteiger partial charge in [0.15, 0.2) is 6.23 Å². The number of nitrogens with zero attached hydrogens (tertiary/aromatic N) is 4. The van der Waals surface area contributed by atoms with Gasteiger partial charge in [0.2, 0.25) is 5.79 Å². The topological polar surface area (TPSA) is 280 Å². The quantitative estimate of drug-likeness (QED) is 0.0885. The van der Waals surface area contributed by atoms with Crippen molar-refractivity contribution >= 4 is 29.4 Å². The highest BCUT2D eigenvalue weighted by Crippen LogP contribution is 2.66. The summed E-state index contributed by atoms with van der Waals surface area (Å²) < 4.78 is 56.5. The smallest absolute Gasteiger partial charge is 0.388 e. The Labute approximate surface area is 184 Å². The Kier molecular flexibility index (Phi) is 8.29. The fourth-order valence-corrected chi connectivity index (χ4v) is 5.78. The summed E-state index contributed by atoms with van der Waals surface area (Å²) >= 11 is 0. The number of amides is 1. The van der Waals surface area contributed by atoms with Gasteiger partial charge >= 0.3 is 23.5 Å². The van der Waals surface area contributed by atoms with Crippen molar-refractivity contribution in [2.45, 2.75) is 24.2 Å². The second kappa shape index (κ2) is 9.92. The van der Waals surface area contributed by atoms with Crippen molar-refractivity contribution in [3.8, 4) is 0 Å². The molecule has 2 unspecified atom stereocenters. The Balaban J connectivity index is 2.27. The van der Waals surface area contributed by atoms with Crippen LogP contribution in [0.1, 0.15) is 0 Å². The Morgan fingerprint density at radius 3 is 2.45 bits per heavy atom. The van der Waals surface area contributed by atoms with Crippen molar-refractivity contribution in [3.63, 3.8) is 0 Å². The van der Waals surface area contributed by atoms with Gasteiger partial charge in [-0.15, -0.1) is 0 Å². The van der Waals surface area contributed by atoms with E-state index in [1.54, 1.807) is 0 Å². The molecule has 33 heavy (non-hydrogen) atoms. The third kappa shape index (κ3) is 6.93. The number of azide groups is 1. The number of aliphatic hydroxyl groups is 1. The van der Waals surface area contributed by atoms with Crippen LogP contribution in [0, 0.1) is 0 Å². The zero-order valence-corrected chi connectivity index (χ0v) is 19.0. The second-order valence-corrected chi connectivity index (χ2v) is 10.6. The molecule has 1 amide bonds. The lowest BCUT2D eigenvalue weighted by Gasteiger charge is -2.34. The molecule has 6 N–H and O–H groups in total. The molecule has 0 saturated carbocycles. The second-order valence-electron chi connectivity index (χ2n) is 6.19. The molecule has 22 heteroatoms. The highest BCUT2D eigenvalue weighted by Gasteiger charge is 2.58. The summed E-state index contributed by atoms with van der Waals surface area (Å²) in [5.41, 5.74) is 8.85. The molecule has 2 heterocycles. The lowest BCUT2D eigenvalue weighted by molar-refractivity contribution is -0.247. The summed E-state index contributed by atoms with van der Waals surface area (Å²) in [6, 6.07) is -1.66. The summed E-state index contributed by atoms with van der Waals surface area (Å²) in [6.45, 7) is 2.37. The van der Waals surface area contributed by atoms with E-state index in [9.17, 15) is 33.4 Å². The maximum Gasteiger partial charge on any atom is 0.490 e. The number of methoxy groups -OCH3 is 1. The normalized spacial score (nSPS) is 31.5. The number of carbonyl (C=O) groups excluding carboxylic acids is 1. The summed E-state index contributed by atoms with van der Waals surface area (Å²) in [5.74, 6) is -2.91. The molecule has 0 spiro atoms. The lowest BCUT2D eigenvalue weighted by Crippen LogP contribution is -2.47. The molecule has 2 aliphatic rings. The Morgan fingerprint density at radius 2 is 1.94 bits per heavy atom. The molecule has 0 bridgehead atoms. The Hall–Kier alpha value is -1.65.